The van der Waals surface area contributed by atoms with Gasteiger partial charge in [0.05, 0.1) is 19.0 Å². The Hall–Kier alpha value is -3.20. The molecule has 2 N–H and O–H groups in total. The molecule has 0 aliphatic carbocycles. The van der Waals surface area contributed by atoms with Gasteiger partial charge < -0.3 is 20.3 Å². The molecule has 0 unspecified atom stereocenters. The van der Waals surface area contributed by atoms with E-state index in [0.29, 0.717) is 17.9 Å². The van der Waals surface area contributed by atoms with Crippen LogP contribution < -0.4 is 10.6 Å². The van der Waals surface area contributed by atoms with Crippen LogP contribution in [0.15, 0.2) is 36.5 Å². The van der Waals surface area contributed by atoms with E-state index in [4.69, 9.17) is 4.74 Å². The van der Waals surface area contributed by atoms with Gasteiger partial charge in [0, 0.05) is 44.1 Å². The molecule has 9 heteroatoms. The number of hydrogen-bond donors (Lipinski definition) is 2. The standard InChI is InChI=1S/C22H28FN5O3/c1-15-4-5-18(13-24-15)25-21(29)26-19-11-16(10-17(23)12-19)14-28-8-6-20(7-9-28)27(2)22(30)31-3/h4-5,10-13,20H,6-9,14H2,1-3H3,(H2,25,26,29). The summed E-state index contributed by atoms with van der Waals surface area (Å²) in [6, 6.07) is 7.74. The molecule has 0 atom stereocenters. The van der Waals surface area contributed by atoms with E-state index >= 15 is 0 Å². The fraction of sp³-hybridized carbons (Fsp3) is 0.409. The molecule has 1 saturated heterocycles. The summed E-state index contributed by atoms with van der Waals surface area (Å²) in [4.78, 5) is 31.9. The largest absolute Gasteiger partial charge is 0.453 e. The highest BCUT2D eigenvalue weighted by Gasteiger charge is 2.25. The molecule has 1 aromatic carbocycles. The second-order valence-corrected chi connectivity index (χ2v) is 7.70. The Kier molecular flexibility index (Phi) is 7.41. The van der Waals surface area contributed by atoms with Crippen molar-refractivity contribution in [2.24, 2.45) is 0 Å². The van der Waals surface area contributed by atoms with Gasteiger partial charge in [-0.15, -0.1) is 0 Å². The van der Waals surface area contributed by atoms with Gasteiger partial charge in [-0.25, -0.2) is 14.0 Å². The number of ether oxygens (including phenoxy) is 1. The number of hydrogen-bond acceptors (Lipinski definition) is 5. The Morgan fingerprint density at radius 1 is 1.19 bits per heavy atom. The van der Waals surface area contributed by atoms with Crippen molar-refractivity contribution in [1.29, 1.82) is 0 Å². The van der Waals surface area contributed by atoms with Gasteiger partial charge in [0.15, 0.2) is 0 Å². The topological polar surface area (TPSA) is 86.8 Å². The quantitative estimate of drug-likeness (QED) is 0.754. The lowest BCUT2D eigenvalue weighted by Crippen LogP contribution is -2.45. The molecule has 8 nitrogen and oxygen atoms in total. The minimum Gasteiger partial charge on any atom is -0.453 e. The van der Waals surface area contributed by atoms with E-state index in [2.05, 4.69) is 20.5 Å². The van der Waals surface area contributed by atoms with E-state index in [1.807, 2.05) is 6.92 Å². The SMILES string of the molecule is COC(=O)N(C)C1CCN(Cc2cc(F)cc(NC(=O)Nc3ccc(C)nc3)c2)CC1. The van der Waals surface area contributed by atoms with Crippen molar-refractivity contribution >= 4 is 23.5 Å². The van der Waals surface area contributed by atoms with Crippen LogP contribution in [0.3, 0.4) is 0 Å². The third kappa shape index (κ3) is 6.39. The number of carbonyl (C=O) groups excluding carboxylic acids is 2. The van der Waals surface area contributed by atoms with Crippen molar-refractivity contribution < 1.29 is 18.7 Å². The van der Waals surface area contributed by atoms with Crippen molar-refractivity contribution in [3.8, 4) is 0 Å². The molecular formula is C22H28FN5O3. The summed E-state index contributed by atoms with van der Waals surface area (Å²) in [7, 11) is 3.12. The van der Waals surface area contributed by atoms with Gasteiger partial charge in [-0.2, -0.15) is 0 Å². The summed E-state index contributed by atoms with van der Waals surface area (Å²) >= 11 is 0. The zero-order chi connectivity index (χ0) is 22.4. The number of benzene rings is 1. The van der Waals surface area contributed by atoms with Crippen LogP contribution in [-0.4, -0.2) is 60.2 Å². The smallest absolute Gasteiger partial charge is 0.409 e. The normalized spacial score (nSPS) is 14.7. The number of halogens is 1. The van der Waals surface area contributed by atoms with E-state index in [9.17, 15) is 14.0 Å². The van der Waals surface area contributed by atoms with Crippen LogP contribution in [0.4, 0.5) is 25.4 Å². The lowest BCUT2D eigenvalue weighted by Gasteiger charge is -2.36. The maximum Gasteiger partial charge on any atom is 0.409 e. The number of piperidine rings is 1. The number of nitrogens with one attached hydrogen (secondary N) is 2. The van der Waals surface area contributed by atoms with Crippen LogP contribution in [-0.2, 0) is 11.3 Å². The van der Waals surface area contributed by atoms with Gasteiger partial charge in [-0.05, 0) is 55.7 Å². The molecule has 1 aliphatic heterocycles. The van der Waals surface area contributed by atoms with Crippen molar-refractivity contribution in [3.05, 3.63) is 53.6 Å². The first-order valence-corrected chi connectivity index (χ1v) is 10.2. The zero-order valence-electron chi connectivity index (χ0n) is 18.0. The number of urea groups is 1. The predicted octanol–water partition coefficient (Wildman–Crippen LogP) is 3.84. The maximum atomic E-state index is 14.1. The Morgan fingerprint density at radius 2 is 1.90 bits per heavy atom. The maximum absolute atomic E-state index is 14.1. The summed E-state index contributed by atoms with van der Waals surface area (Å²) in [6.45, 7) is 3.99. The third-order valence-electron chi connectivity index (χ3n) is 5.36. The number of amides is 3. The monoisotopic (exact) mass is 429 g/mol. The van der Waals surface area contributed by atoms with Gasteiger partial charge >= 0.3 is 12.1 Å². The molecular weight excluding hydrogens is 401 g/mol. The summed E-state index contributed by atoms with van der Waals surface area (Å²) in [5, 5.41) is 5.35. The van der Waals surface area contributed by atoms with E-state index in [0.717, 1.165) is 37.2 Å². The van der Waals surface area contributed by atoms with Gasteiger partial charge in [0.2, 0.25) is 0 Å². The van der Waals surface area contributed by atoms with E-state index < -0.39 is 11.8 Å². The van der Waals surface area contributed by atoms with E-state index in [-0.39, 0.29) is 12.1 Å². The fourth-order valence-electron chi connectivity index (χ4n) is 3.67. The highest BCUT2D eigenvalue weighted by Crippen LogP contribution is 2.21. The van der Waals surface area contributed by atoms with Crippen LogP contribution >= 0.6 is 0 Å². The number of likely N-dealkylation sites (tertiary alicyclic amines) is 1. The second kappa shape index (κ2) is 10.2. The summed E-state index contributed by atoms with van der Waals surface area (Å²) in [6.07, 6.45) is 2.87. The third-order valence-corrected chi connectivity index (χ3v) is 5.36. The van der Waals surface area contributed by atoms with Crippen LogP contribution in [0.5, 0.6) is 0 Å². The highest BCUT2D eigenvalue weighted by atomic mass is 19.1. The number of nitrogens with zero attached hydrogens (tertiary/aromatic N) is 3. The van der Waals surface area contributed by atoms with Crippen molar-refractivity contribution in [3.63, 3.8) is 0 Å². The lowest BCUT2D eigenvalue weighted by atomic mass is 10.0. The number of aromatic nitrogens is 1. The number of anilines is 2. The van der Waals surface area contributed by atoms with Gasteiger partial charge in [0.1, 0.15) is 5.82 Å². The molecule has 3 rings (SSSR count). The molecule has 2 heterocycles. The fourth-order valence-corrected chi connectivity index (χ4v) is 3.67. The number of aryl methyl sites for hydroxylation is 1. The van der Waals surface area contributed by atoms with Crippen LogP contribution in [0.1, 0.15) is 24.1 Å². The first-order chi connectivity index (χ1) is 14.8. The molecule has 1 aromatic heterocycles. The van der Waals surface area contributed by atoms with Crippen molar-refractivity contribution in [2.75, 3.05) is 37.9 Å². The van der Waals surface area contributed by atoms with Crippen LogP contribution in [0.2, 0.25) is 0 Å². The Morgan fingerprint density at radius 3 is 2.55 bits per heavy atom. The molecule has 0 bridgehead atoms. The van der Waals surface area contributed by atoms with Crippen LogP contribution in [0, 0.1) is 12.7 Å². The first kappa shape index (κ1) is 22.5. The molecule has 31 heavy (non-hydrogen) atoms. The van der Waals surface area contributed by atoms with Gasteiger partial charge in [-0.3, -0.25) is 9.88 Å². The average molecular weight is 429 g/mol. The molecule has 0 radical (unpaired) electrons. The van der Waals surface area contributed by atoms with Crippen molar-refractivity contribution in [1.82, 2.24) is 14.8 Å². The molecule has 0 spiro atoms. The number of rotatable bonds is 5. The second-order valence-electron chi connectivity index (χ2n) is 7.70. The lowest BCUT2D eigenvalue weighted by molar-refractivity contribution is 0.0896. The molecule has 2 aromatic rings. The number of methoxy groups -OCH3 is 1. The highest BCUT2D eigenvalue weighted by molar-refractivity contribution is 5.99. The summed E-state index contributed by atoms with van der Waals surface area (Å²) in [5.74, 6) is -0.412. The molecule has 3 amide bonds. The minimum absolute atomic E-state index is 0.133. The molecule has 1 fully saturated rings. The van der Waals surface area contributed by atoms with Crippen molar-refractivity contribution in [2.45, 2.75) is 32.4 Å². The summed E-state index contributed by atoms with van der Waals surface area (Å²) in [5.41, 5.74) is 2.56. The van der Waals surface area contributed by atoms with Crippen LogP contribution in [0.25, 0.3) is 0 Å². The van der Waals surface area contributed by atoms with Gasteiger partial charge in [0.25, 0.3) is 0 Å². The Labute approximate surface area is 181 Å². The first-order valence-electron chi connectivity index (χ1n) is 10.2. The van der Waals surface area contributed by atoms with Gasteiger partial charge in [-0.1, -0.05) is 0 Å². The van der Waals surface area contributed by atoms with E-state index in [1.165, 1.54) is 19.2 Å². The Bertz CT molecular complexity index is 914. The summed E-state index contributed by atoms with van der Waals surface area (Å²) < 4.78 is 18.9. The van der Waals surface area contributed by atoms with E-state index in [1.54, 1.807) is 36.3 Å². The minimum atomic E-state index is -0.464. The number of carbonyl (C=O) groups is 2. The zero-order valence-corrected chi connectivity index (χ0v) is 18.0. The predicted molar refractivity (Wildman–Crippen MR) is 116 cm³/mol. The molecule has 0 saturated carbocycles. The average Bonchev–Trinajstić information content (AvgIpc) is 2.74. The Balaban J connectivity index is 1.55. The number of pyridine rings is 1. The molecule has 1 aliphatic rings. The molecule has 166 valence electrons.